The Labute approximate surface area is 310 Å². The summed E-state index contributed by atoms with van der Waals surface area (Å²) < 4.78 is 8.60. The van der Waals surface area contributed by atoms with E-state index in [1.54, 1.807) is 0 Å². The summed E-state index contributed by atoms with van der Waals surface area (Å²) in [6, 6.07) is 63.4. The average Bonchev–Trinajstić information content (AvgIpc) is 3.79. The Morgan fingerprint density at radius 3 is 1.65 bits per heavy atom. The fourth-order valence-electron chi connectivity index (χ4n) is 7.89. The summed E-state index contributed by atoms with van der Waals surface area (Å²) in [7, 11) is 0. The second-order valence-corrected chi connectivity index (χ2v) is 13.6. The molecule has 5 heteroatoms. The van der Waals surface area contributed by atoms with Crippen LogP contribution in [-0.2, 0) is 0 Å². The molecular formula is C49H30N4O. The largest absolute Gasteiger partial charge is 0.456 e. The van der Waals surface area contributed by atoms with E-state index in [2.05, 4.69) is 162 Å². The minimum atomic E-state index is 0.581. The van der Waals surface area contributed by atoms with Crippen molar-refractivity contribution in [1.29, 1.82) is 0 Å². The van der Waals surface area contributed by atoms with E-state index in [0.717, 1.165) is 60.9 Å². The molecule has 11 aromatic rings. The van der Waals surface area contributed by atoms with E-state index >= 15 is 0 Å². The van der Waals surface area contributed by atoms with Gasteiger partial charge in [0.1, 0.15) is 11.2 Å². The van der Waals surface area contributed by atoms with Gasteiger partial charge in [-0.3, -0.25) is 0 Å². The van der Waals surface area contributed by atoms with Crippen molar-refractivity contribution in [3.05, 3.63) is 182 Å². The Kier molecular flexibility index (Phi) is 6.79. The van der Waals surface area contributed by atoms with Crippen LogP contribution in [0.15, 0.2) is 186 Å². The summed E-state index contributed by atoms with van der Waals surface area (Å²) in [4.78, 5) is 15.4. The first kappa shape index (κ1) is 30.3. The van der Waals surface area contributed by atoms with Gasteiger partial charge in [0.05, 0.1) is 11.0 Å². The lowest BCUT2D eigenvalue weighted by atomic mass is 9.97. The molecule has 3 aromatic heterocycles. The predicted octanol–water partition coefficient (Wildman–Crippen LogP) is 12.7. The summed E-state index contributed by atoms with van der Waals surface area (Å²) in [5.74, 6) is 1.78. The summed E-state index contributed by atoms with van der Waals surface area (Å²) in [6.45, 7) is 0. The van der Waals surface area contributed by atoms with Gasteiger partial charge in [0, 0.05) is 43.9 Å². The van der Waals surface area contributed by atoms with Gasteiger partial charge >= 0.3 is 0 Å². The molecule has 5 nitrogen and oxygen atoms in total. The highest BCUT2D eigenvalue weighted by atomic mass is 16.3. The number of hydrogen-bond acceptors (Lipinski definition) is 4. The molecule has 0 spiro atoms. The number of para-hydroxylation sites is 3. The zero-order valence-electron chi connectivity index (χ0n) is 29.0. The molecule has 0 amide bonds. The maximum absolute atomic E-state index is 6.28. The molecular weight excluding hydrogens is 661 g/mol. The van der Waals surface area contributed by atoms with Gasteiger partial charge in [0.15, 0.2) is 17.5 Å². The summed E-state index contributed by atoms with van der Waals surface area (Å²) in [6.07, 6.45) is 0. The first-order valence-electron chi connectivity index (χ1n) is 18.1. The van der Waals surface area contributed by atoms with E-state index in [1.807, 2.05) is 24.3 Å². The number of furan rings is 1. The van der Waals surface area contributed by atoms with E-state index in [1.165, 1.54) is 27.1 Å². The molecule has 0 saturated carbocycles. The second kappa shape index (κ2) is 12.1. The van der Waals surface area contributed by atoms with Crippen molar-refractivity contribution in [3.63, 3.8) is 0 Å². The highest BCUT2D eigenvalue weighted by Gasteiger charge is 2.17. The van der Waals surface area contributed by atoms with E-state index in [0.29, 0.717) is 17.5 Å². The fraction of sp³-hybridized carbons (Fsp3) is 0. The molecule has 0 N–H and O–H groups in total. The molecule has 0 aliphatic heterocycles. The third kappa shape index (κ3) is 4.90. The van der Waals surface area contributed by atoms with Crippen LogP contribution in [0.25, 0.3) is 105 Å². The van der Waals surface area contributed by atoms with Crippen LogP contribution in [0.3, 0.4) is 0 Å². The Balaban J connectivity index is 1.07. The molecule has 0 atom stereocenters. The van der Waals surface area contributed by atoms with Crippen molar-refractivity contribution in [2.75, 3.05) is 0 Å². The molecule has 0 aliphatic rings. The van der Waals surface area contributed by atoms with Crippen LogP contribution in [0.2, 0.25) is 0 Å². The summed E-state index contributed by atoms with van der Waals surface area (Å²) in [5.41, 5.74) is 9.99. The monoisotopic (exact) mass is 690 g/mol. The number of rotatable bonds is 5. The normalized spacial score (nSPS) is 11.7. The topological polar surface area (TPSA) is 56.7 Å². The van der Waals surface area contributed by atoms with Crippen LogP contribution in [0.1, 0.15) is 0 Å². The average molecular weight is 691 g/mol. The highest BCUT2D eigenvalue weighted by molar-refractivity contribution is 6.09. The van der Waals surface area contributed by atoms with Crippen LogP contribution < -0.4 is 0 Å². The van der Waals surface area contributed by atoms with Gasteiger partial charge in [0.25, 0.3) is 0 Å². The molecule has 3 heterocycles. The van der Waals surface area contributed by atoms with Crippen LogP contribution in [0.4, 0.5) is 0 Å². The van der Waals surface area contributed by atoms with E-state index < -0.39 is 0 Å². The van der Waals surface area contributed by atoms with E-state index in [-0.39, 0.29) is 0 Å². The van der Waals surface area contributed by atoms with Crippen molar-refractivity contribution in [3.8, 4) is 51.0 Å². The lowest BCUT2D eigenvalue weighted by molar-refractivity contribution is 0.669. The van der Waals surface area contributed by atoms with Gasteiger partial charge in [-0.05, 0) is 64.4 Å². The van der Waals surface area contributed by atoms with Gasteiger partial charge in [-0.25, -0.2) is 15.0 Å². The number of aromatic nitrogens is 4. The van der Waals surface area contributed by atoms with Gasteiger partial charge < -0.3 is 8.98 Å². The number of benzene rings is 8. The van der Waals surface area contributed by atoms with Crippen LogP contribution in [0, 0.1) is 0 Å². The highest BCUT2D eigenvalue weighted by Crippen LogP contribution is 2.36. The smallest absolute Gasteiger partial charge is 0.164 e. The lowest BCUT2D eigenvalue weighted by Crippen LogP contribution is -2.01. The minimum Gasteiger partial charge on any atom is -0.456 e. The Bertz CT molecular complexity index is 3170. The van der Waals surface area contributed by atoms with Crippen LogP contribution >= 0.6 is 0 Å². The van der Waals surface area contributed by atoms with Crippen LogP contribution in [-0.4, -0.2) is 19.5 Å². The maximum Gasteiger partial charge on any atom is 0.164 e. The first-order valence-corrected chi connectivity index (χ1v) is 18.1. The summed E-state index contributed by atoms with van der Waals surface area (Å²) >= 11 is 0. The molecule has 11 rings (SSSR count). The Hall–Kier alpha value is -7.37. The van der Waals surface area contributed by atoms with Crippen molar-refractivity contribution in [1.82, 2.24) is 19.5 Å². The molecule has 0 bridgehead atoms. The van der Waals surface area contributed by atoms with E-state index in [9.17, 15) is 0 Å². The second-order valence-electron chi connectivity index (χ2n) is 13.6. The molecule has 8 aromatic carbocycles. The Morgan fingerprint density at radius 1 is 0.352 bits per heavy atom. The minimum absolute atomic E-state index is 0.581. The third-order valence-corrected chi connectivity index (χ3v) is 10.5. The van der Waals surface area contributed by atoms with Gasteiger partial charge in [-0.15, -0.1) is 0 Å². The lowest BCUT2D eigenvalue weighted by Gasteiger charge is -2.12. The molecule has 0 saturated heterocycles. The number of nitrogens with zero attached hydrogens (tertiary/aromatic N) is 4. The SMILES string of the molecule is c1cc(-c2nc(-c3ccc(-c4cccc5ccccc45)cc3)nc(-c3ccc4c(c3)oc3ccccc34)n2)cc(-n2c3ccccc3c3ccccc32)c1. The maximum atomic E-state index is 6.28. The van der Waals surface area contributed by atoms with Crippen LogP contribution in [0.5, 0.6) is 0 Å². The zero-order valence-corrected chi connectivity index (χ0v) is 29.0. The molecule has 0 radical (unpaired) electrons. The van der Waals surface area contributed by atoms with Gasteiger partial charge in [-0.2, -0.15) is 0 Å². The van der Waals surface area contributed by atoms with Gasteiger partial charge in [0.2, 0.25) is 0 Å². The summed E-state index contributed by atoms with van der Waals surface area (Å²) in [5, 5.41) is 7.03. The Morgan fingerprint density at radius 2 is 0.889 bits per heavy atom. The number of fused-ring (bicyclic) bond motifs is 7. The van der Waals surface area contributed by atoms with Crippen molar-refractivity contribution >= 4 is 54.5 Å². The fourth-order valence-corrected chi connectivity index (χ4v) is 7.89. The molecule has 252 valence electrons. The van der Waals surface area contributed by atoms with Gasteiger partial charge in [-0.1, -0.05) is 140 Å². The third-order valence-electron chi connectivity index (χ3n) is 10.5. The van der Waals surface area contributed by atoms with Crippen molar-refractivity contribution in [2.24, 2.45) is 0 Å². The molecule has 0 fully saturated rings. The zero-order chi connectivity index (χ0) is 35.6. The standard InChI is InChI=1S/C49H30N4O/c1-2-15-37-31(11-1)12-10-19-38(37)32-23-25-33(26-24-32)47-50-48(52-49(51-47)35-27-28-42-41-18-5-8-22-45(41)54-46(42)30-35)34-13-9-14-36(29-34)53-43-20-6-3-16-39(43)40-17-4-7-21-44(40)53/h1-30H. The predicted molar refractivity (Wildman–Crippen MR) is 221 cm³/mol. The first-order chi connectivity index (χ1) is 26.7. The quantitative estimate of drug-likeness (QED) is 0.180. The van der Waals surface area contributed by atoms with Crippen molar-refractivity contribution < 1.29 is 4.42 Å². The number of hydrogen-bond donors (Lipinski definition) is 0. The molecule has 0 unspecified atom stereocenters. The molecule has 54 heavy (non-hydrogen) atoms. The van der Waals surface area contributed by atoms with Crippen molar-refractivity contribution in [2.45, 2.75) is 0 Å². The van der Waals surface area contributed by atoms with E-state index in [4.69, 9.17) is 19.4 Å². The molecule has 0 aliphatic carbocycles.